The second kappa shape index (κ2) is 8.31. The largest absolute Gasteiger partial charge is 0.338 e. The van der Waals surface area contributed by atoms with Gasteiger partial charge < -0.3 is 15.5 Å². The zero-order valence-electron chi connectivity index (χ0n) is 13.8. The van der Waals surface area contributed by atoms with Gasteiger partial charge in [-0.25, -0.2) is 4.79 Å². The minimum absolute atomic E-state index is 0.102. The van der Waals surface area contributed by atoms with Gasteiger partial charge in [0, 0.05) is 45.8 Å². The molecule has 5 nitrogen and oxygen atoms in total. The minimum Gasteiger partial charge on any atom is -0.338 e. The summed E-state index contributed by atoms with van der Waals surface area (Å²) in [6, 6.07) is 10.8. The van der Waals surface area contributed by atoms with Crippen LogP contribution in [0, 0.1) is 5.92 Å². The summed E-state index contributed by atoms with van der Waals surface area (Å²) in [6.45, 7) is 7.62. The highest BCUT2D eigenvalue weighted by atomic mass is 16.2. The molecule has 5 heteroatoms. The van der Waals surface area contributed by atoms with Crippen molar-refractivity contribution >= 4 is 6.03 Å². The molecule has 0 saturated carbocycles. The molecule has 2 aliphatic heterocycles. The average molecular weight is 316 g/mol. The molecular weight excluding hydrogens is 288 g/mol. The monoisotopic (exact) mass is 316 g/mol. The Bertz CT molecular complexity index is 487. The van der Waals surface area contributed by atoms with Crippen LogP contribution in [0.2, 0.25) is 0 Å². The smallest absolute Gasteiger partial charge is 0.317 e. The van der Waals surface area contributed by atoms with Crippen molar-refractivity contribution < 1.29 is 4.79 Å². The van der Waals surface area contributed by atoms with E-state index in [0.717, 1.165) is 52.2 Å². The quantitative estimate of drug-likeness (QED) is 0.866. The van der Waals surface area contributed by atoms with Crippen molar-refractivity contribution in [2.75, 3.05) is 45.8 Å². The van der Waals surface area contributed by atoms with Crippen LogP contribution in [-0.4, -0.2) is 61.6 Å². The van der Waals surface area contributed by atoms with Gasteiger partial charge in [0.1, 0.15) is 0 Å². The van der Waals surface area contributed by atoms with Crippen LogP contribution in [0.4, 0.5) is 4.79 Å². The molecule has 0 aliphatic carbocycles. The fourth-order valence-electron chi connectivity index (χ4n) is 3.50. The van der Waals surface area contributed by atoms with E-state index >= 15 is 0 Å². The van der Waals surface area contributed by atoms with Gasteiger partial charge in [-0.1, -0.05) is 30.3 Å². The molecule has 0 spiro atoms. The second-order valence-electron chi connectivity index (χ2n) is 6.63. The van der Waals surface area contributed by atoms with Crippen LogP contribution in [0.3, 0.4) is 0 Å². The summed E-state index contributed by atoms with van der Waals surface area (Å²) in [6.07, 6.45) is 2.33. The second-order valence-corrected chi connectivity index (χ2v) is 6.63. The third-order valence-corrected chi connectivity index (χ3v) is 4.85. The molecule has 2 amide bonds. The Kier molecular flexibility index (Phi) is 5.88. The lowest BCUT2D eigenvalue weighted by Gasteiger charge is -2.27. The van der Waals surface area contributed by atoms with E-state index in [2.05, 4.69) is 45.9 Å². The molecule has 0 unspecified atom stereocenters. The first-order valence-electron chi connectivity index (χ1n) is 8.81. The summed E-state index contributed by atoms with van der Waals surface area (Å²) >= 11 is 0. The van der Waals surface area contributed by atoms with Gasteiger partial charge in [-0.05, 0) is 30.9 Å². The standard InChI is InChI=1S/C18H28N4O/c23-18(22-12-9-19-10-13-22)20-8-6-17-7-11-21(15-17)14-16-4-2-1-3-5-16/h1-5,17,19H,6-15H2,(H,20,23)/t17-/m0/s1. The van der Waals surface area contributed by atoms with Crippen molar-refractivity contribution in [3.63, 3.8) is 0 Å². The number of nitrogens with zero attached hydrogens (tertiary/aromatic N) is 2. The molecule has 2 heterocycles. The summed E-state index contributed by atoms with van der Waals surface area (Å²) in [4.78, 5) is 16.5. The van der Waals surface area contributed by atoms with E-state index in [9.17, 15) is 4.79 Å². The zero-order valence-corrected chi connectivity index (χ0v) is 13.8. The van der Waals surface area contributed by atoms with Crippen molar-refractivity contribution in [3.8, 4) is 0 Å². The van der Waals surface area contributed by atoms with Crippen molar-refractivity contribution in [1.29, 1.82) is 0 Å². The third-order valence-electron chi connectivity index (χ3n) is 4.85. The van der Waals surface area contributed by atoms with Crippen LogP contribution in [-0.2, 0) is 6.54 Å². The van der Waals surface area contributed by atoms with Crippen LogP contribution in [0.25, 0.3) is 0 Å². The lowest BCUT2D eigenvalue weighted by Crippen LogP contribution is -2.50. The number of amides is 2. The number of piperazine rings is 1. The normalized spacial score (nSPS) is 22.3. The van der Waals surface area contributed by atoms with Gasteiger partial charge in [0.25, 0.3) is 0 Å². The van der Waals surface area contributed by atoms with Crippen molar-refractivity contribution in [1.82, 2.24) is 20.4 Å². The van der Waals surface area contributed by atoms with Gasteiger partial charge in [0.2, 0.25) is 0 Å². The van der Waals surface area contributed by atoms with Gasteiger partial charge in [-0.2, -0.15) is 0 Å². The lowest BCUT2D eigenvalue weighted by molar-refractivity contribution is 0.189. The molecule has 1 aromatic carbocycles. The molecule has 0 bridgehead atoms. The molecule has 1 aromatic rings. The summed E-state index contributed by atoms with van der Waals surface area (Å²) in [5, 5.41) is 6.35. The Morgan fingerprint density at radius 3 is 2.74 bits per heavy atom. The first-order valence-corrected chi connectivity index (χ1v) is 8.81. The highest BCUT2D eigenvalue weighted by Crippen LogP contribution is 2.21. The van der Waals surface area contributed by atoms with Crippen LogP contribution in [0.1, 0.15) is 18.4 Å². The van der Waals surface area contributed by atoms with Gasteiger partial charge in [-0.15, -0.1) is 0 Å². The number of nitrogens with one attached hydrogen (secondary N) is 2. The molecular formula is C18H28N4O. The van der Waals surface area contributed by atoms with E-state index in [0.29, 0.717) is 5.92 Å². The molecule has 2 saturated heterocycles. The Morgan fingerprint density at radius 2 is 1.96 bits per heavy atom. The summed E-state index contributed by atoms with van der Waals surface area (Å²) in [5.41, 5.74) is 1.39. The number of carbonyl (C=O) groups is 1. The number of hydrogen-bond acceptors (Lipinski definition) is 3. The average Bonchev–Trinajstić information content (AvgIpc) is 3.04. The summed E-state index contributed by atoms with van der Waals surface area (Å²) in [7, 11) is 0. The van der Waals surface area contributed by atoms with Gasteiger partial charge in [0.15, 0.2) is 0 Å². The number of carbonyl (C=O) groups excluding carboxylic acids is 1. The Balaban J connectivity index is 1.33. The number of rotatable bonds is 5. The summed E-state index contributed by atoms with van der Waals surface area (Å²) < 4.78 is 0. The highest BCUT2D eigenvalue weighted by Gasteiger charge is 2.22. The number of benzene rings is 1. The molecule has 2 N–H and O–H groups in total. The number of likely N-dealkylation sites (tertiary alicyclic amines) is 1. The fraction of sp³-hybridized carbons (Fsp3) is 0.611. The van der Waals surface area contributed by atoms with Crippen LogP contribution >= 0.6 is 0 Å². The molecule has 3 rings (SSSR count). The van der Waals surface area contributed by atoms with Gasteiger partial charge in [-0.3, -0.25) is 4.90 Å². The third kappa shape index (κ3) is 4.94. The maximum atomic E-state index is 12.1. The highest BCUT2D eigenvalue weighted by molar-refractivity contribution is 5.74. The molecule has 2 fully saturated rings. The molecule has 126 valence electrons. The van der Waals surface area contributed by atoms with Gasteiger partial charge in [0.05, 0.1) is 0 Å². The van der Waals surface area contributed by atoms with E-state index in [4.69, 9.17) is 0 Å². The van der Waals surface area contributed by atoms with Crippen molar-refractivity contribution in [3.05, 3.63) is 35.9 Å². The summed E-state index contributed by atoms with van der Waals surface area (Å²) in [5.74, 6) is 0.710. The molecule has 0 radical (unpaired) electrons. The fourth-order valence-corrected chi connectivity index (χ4v) is 3.50. The van der Waals surface area contributed by atoms with E-state index in [1.165, 1.54) is 18.5 Å². The predicted molar refractivity (Wildman–Crippen MR) is 92.3 cm³/mol. The topological polar surface area (TPSA) is 47.6 Å². The maximum Gasteiger partial charge on any atom is 0.317 e. The van der Waals surface area contributed by atoms with Crippen molar-refractivity contribution in [2.45, 2.75) is 19.4 Å². The van der Waals surface area contributed by atoms with E-state index in [1.54, 1.807) is 0 Å². The molecule has 1 atom stereocenters. The Hall–Kier alpha value is -1.59. The first-order chi connectivity index (χ1) is 11.3. The van der Waals surface area contributed by atoms with E-state index < -0.39 is 0 Å². The first kappa shape index (κ1) is 16.3. The molecule has 0 aromatic heterocycles. The lowest BCUT2D eigenvalue weighted by atomic mass is 10.1. The molecule has 2 aliphatic rings. The zero-order chi connectivity index (χ0) is 15.9. The van der Waals surface area contributed by atoms with Crippen molar-refractivity contribution in [2.24, 2.45) is 5.92 Å². The minimum atomic E-state index is 0.102. The van der Waals surface area contributed by atoms with E-state index in [-0.39, 0.29) is 6.03 Å². The maximum absolute atomic E-state index is 12.1. The van der Waals surface area contributed by atoms with Crippen LogP contribution in [0.5, 0.6) is 0 Å². The SMILES string of the molecule is O=C(NCC[C@H]1CCN(Cc2ccccc2)C1)N1CCNCC1. The Morgan fingerprint density at radius 1 is 1.17 bits per heavy atom. The molecule has 23 heavy (non-hydrogen) atoms. The number of urea groups is 1. The van der Waals surface area contributed by atoms with Gasteiger partial charge >= 0.3 is 6.03 Å². The van der Waals surface area contributed by atoms with E-state index in [1.807, 2.05) is 4.90 Å². The predicted octanol–water partition coefficient (Wildman–Crippen LogP) is 1.51. The Labute approximate surface area is 139 Å². The van der Waals surface area contributed by atoms with Crippen LogP contribution < -0.4 is 10.6 Å². The number of hydrogen-bond donors (Lipinski definition) is 2. The van der Waals surface area contributed by atoms with Crippen LogP contribution in [0.15, 0.2) is 30.3 Å².